The number of halogens is 1. The van der Waals surface area contributed by atoms with Crippen molar-refractivity contribution < 1.29 is 4.42 Å². The second-order valence-corrected chi connectivity index (χ2v) is 10.6. The van der Waals surface area contributed by atoms with Gasteiger partial charge >= 0.3 is 0 Å². The highest BCUT2D eigenvalue weighted by atomic mass is 35.5. The number of fused-ring (bicyclic) bond motifs is 3. The van der Waals surface area contributed by atoms with Gasteiger partial charge in [-0.05, 0) is 60.7 Å². The lowest BCUT2D eigenvalue weighted by Crippen LogP contribution is -2.14. The van der Waals surface area contributed by atoms with E-state index in [1.54, 1.807) is 11.3 Å². The smallest absolute Gasteiger partial charge is 0.154 e. The molecule has 2 heterocycles. The second kappa shape index (κ2) is 9.99. The zero-order valence-corrected chi connectivity index (χ0v) is 22.4. The number of rotatable bonds is 6. The van der Waals surface area contributed by atoms with E-state index < -0.39 is 0 Å². The summed E-state index contributed by atoms with van der Waals surface area (Å²) in [5, 5.41) is 1.76. The Hall–Kier alpha value is -4.51. The summed E-state index contributed by atoms with van der Waals surface area (Å²) in [5.41, 5.74) is 6.69. The van der Waals surface area contributed by atoms with Crippen LogP contribution in [-0.4, -0.2) is 0 Å². The monoisotopic (exact) mass is 542 g/mol. The lowest BCUT2D eigenvalue weighted by atomic mass is 10.1. The molecule has 39 heavy (non-hydrogen) atoms. The lowest BCUT2D eigenvalue weighted by molar-refractivity contribution is 0.620. The predicted octanol–water partition coefficient (Wildman–Crippen LogP) is 11.2. The molecule has 0 N–H and O–H groups in total. The van der Waals surface area contributed by atoms with Gasteiger partial charge in [-0.2, -0.15) is 0 Å². The van der Waals surface area contributed by atoms with Gasteiger partial charge in [-0.25, -0.2) is 0 Å². The number of hydrogen-bond donors (Lipinski definition) is 0. The average Bonchev–Trinajstić information content (AvgIpc) is 3.57. The van der Waals surface area contributed by atoms with Gasteiger partial charge in [0.15, 0.2) is 5.58 Å². The third-order valence-corrected chi connectivity index (χ3v) is 8.36. The van der Waals surface area contributed by atoms with Crippen molar-refractivity contribution in [1.29, 1.82) is 0 Å². The Morgan fingerprint density at radius 3 is 1.64 bits per heavy atom. The van der Waals surface area contributed by atoms with Gasteiger partial charge in [-0.1, -0.05) is 84.4 Å². The molecule has 0 saturated carbocycles. The first-order valence-corrected chi connectivity index (χ1v) is 13.9. The van der Waals surface area contributed by atoms with Gasteiger partial charge in [-0.3, -0.25) is 0 Å². The SMILES string of the molecule is Clc1c(N(c2ccccc2)c2ccccc2)cccc1N(c1ccccc1)c1coc2c1sc1ccccc12. The van der Waals surface area contributed by atoms with Crippen molar-refractivity contribution in [2.24, 2.45) is 0 Å². The van der Waals surface area contributed by atoms with E-state index in [-0.39, 0.29) is 0 Å². The Balaban J connectivity index is 1.46. The fraction of sp³-hybridized carbons (Fsp3) is 0. The summed E-state index contributed by atoms with van der Waals surface area (Å²) < 4.78 is 8.48. The summed E-state index contributed by atoms with van der Waals surface area (Å²) in [6, 6.07) is 45.5. The van der Waals surface area contributed by atoms with E-state index in [0.29, 0.717) is 5.02 Å². The Morgan fingerprint density at radius 2 is 1.03 bits per heavy atom. The molecule has 3 nitrogen and oxygen atoms in total. The van der Waals surface area contributed by atoms with E-state index in [2.05, 4.69) is 82.6 Å². The molecule has 188 valence electrons. The maximum Gasteiger partial charge on any atom is 0.154 e. The van der Waals surface area contributed by atoms with Crippen LogP contribution < -0.4 is 9.80 Å². The highest BCUT2D eigenvalue weighted by molar-refractivity contribution is 7.26. The number of nitrogens with zero attached hydrogens (tertiary/aromatic N) is 2. The number of para-hydroxylation sites is 3. The van der Waals surface area contributed by atoms with E-state index in [1.807, 2.05) is 66.9 Å². The van der Waals surface area contributed by atoms with Crippen LogP contribution in [0.15, 0.2) is 144 Å². The molecule has 0 aliphatic rings. The molecule has 0 radical (unpaired) electrons. The third kappa shape index (κ3) is 4.15. The average molecular weight is 543 g/mol. The molecule has 7 rings (SSSR count). The first-order valence-electron chi connectivity index (χ1n) is 12.7. The van der Waals surface area contributed by atoms with E-state index in [1.165, 1.54) is 4.70 Å². The molecular weight excluding hydrogens is 520 g/mol. The molecule has 0 fully saturated rings. The van der Waals surface area contributed by atoms with Crippen LogP contribution in [0.4, 0.5) is 34.1 Å². The minimum atomic E-state index is 0.643. The highest BCUT2D eigenvalue weighted by Crippen LogP contribution is 2.50. The molecule has 7 aromatic rings. The van der Waals surface area contributed by atoms with E-state index in [9.17, 15) is 0 Å². The van der Waals surface area contributed by atoms with Gasteiger partial charge in [0.1, 0.15) is 12.0 Å². The Labute approximate surface area is 235 Å². The summed E-state index contributed by atoms with van der Waals surface area (Å²) in [6.45, 7) is 0. The number of anilines is 6. The molecule has 0 bridgehead atoms. The standard InChI is InChI=1S/C34H23ClN2OS/c35-32-28(36(24-13-4-1-5-14-24)25-15-6-2-7-16-25)20-12-21-29(32)37(26-17-8-3-9-18-26)30-23-38-33-27-19-10-11-22-31(27)39-34(30)33/h1-23H. The molecular formula is C34H23ClN2OS. The number of benzene rings is 5. The number of thiophene rings is 1. The van der Waals surface area contributed by atoms with Crippen molar-refractivity contribution in [2.45, 2.75) is 0 Å². The van der Waals surface area contributed by atoms with E-state index in [0.717, 1.165) is 49.8 Å². The normalized spacial score (nSPS) is 11.2. The maximum atomic E-state index is 7.38. The summed E-state index contributed by atoms with van der Waals surface area (Å²) in [7, 11) is 0. The van der Waals surface area contributed by atoms with Crippen LogP contribution in [0.1, 0.15) is 0 Å². The van der Waals surface area contributed by atoms with Gasteiger partial charge in [0.2, 0.25) is 0 Å². The van der Waals surface area contributed by atoms with Crippen LogP contribution in [0.3, 0.4) is 0 Å². The minimum Gasteiger partial charge on any atom is -0.460 e. The molecule has 0 saturated heterocycles. The van der Waals surface area contributed by atoms with Crippen LogP contribution in [0, 0.1) is 0 Å². The van der Waals surface area contributed by atoms with Crippen molar-refractivity contribution in [3.05, 3.63) is 145 Å². The van der Waals surface area contributed by atoms with Gasteiger partial charge in [0.05, 0.1) is 21.1 Å². The van der Waals surface area contributed by atoms with Crippen molar-refractivity contribution in [3.63, 3.8) is 0 Å². The van der Waals surface area contributed by atoms with Gasteiger partial charge in [0.25, 0.3) is 0 Å². The Morgan fingerprint density at radius 1 is 0.513 bits per heavy atom. The van der Waals surface area contributed by atoms with Crippen molar-refractivity contribution in [3.8, 4) is 0 Å². The fourth-order valence-electron chi connectivity index (χ4n) is 5.05. The molecule has 5 heteroatoms. The zero-order chi connectivity index (χ0) is 26.2. The van der Waals surface area contributed by atoms with Crippen molar-refractivity contribution >= 4 is 77.4 Å². The van der Waals surface area contributed by atoms with Crippen LogP contribution in [-0.2, 0) is 0 Å². The summed E-state index contributed by atoms with van der Waals surface area (Å²) in [5.74, 6) is 0. The first kappa shape index (κ1) is 23.6. The molecule has 0 spiro atoms. The topological polar surface area (TPSA) is 19.6 Å². The molecule has 0 atom stereocenters. The molecule has 0 aliphatic heterocycles. The largest absolute Gasteiger partial charge is 0.460 e. The zero-order valence-electron chi connectivity index (χ0n) is 20.9. The van der Waals surface area contributed by atoms with Crippen molar-refractivity contribution in [2.75, 3.05) is 9.80 Å². The van der Waals surface area contributed by atoms with Gasteiger partial charge in [0, 0.05) is 27.1 Å². The van der Waals surface area contributed by atoms with Crippen LogP contribution in [0.2, 0.25) is 5.02 Å². The van der Waals surface area contributed by atoms with Gasteiger partial charge in [-0.15, -0.1) is 11.3 Å². The van der Waals surface area contributed by atoms with Gasteiger partial charge < -0.3 is 14.2 Å². The quantitative estimate of drug-likeness (QED) is 0.208. The lowest BCUT2D eigenvalue weighted by Gasteiger charge is -2.30. The third-order valence-electron chi connectivity index (χ3n) is 6.79. The number of furan rings is 1. The summed E-state index contributed by atoms with van der Waals surface area (Å²) in [6.07, 6.45) is 1.84. The van der Waals surface area contributed by atoms with E-state index >= 15 is 0 Å². The Bertz CT molecular complexity index is 1840. The van der Waals surface area contributed by atoms with Crippen molar-refractivity contribution in [1.82, 2.24) is 0 Å². The van der Waals surface area contributed by atoms with Crippen LogP contribution in [0.25, 0.3) is 20.4 Å². The molecule has 2 aromatic heterocycles. The molecule has 5 aromatic carbocycles. The van der Waals surface area contributed by atoms with E-state index in [4.69, 9.17) is 16.0 Å². The molecule has 0 amide bonds. The van der Waals surface area contributed by atoms with Crippen LogP contribution >= 0.6 is 22.9 Å². The predicted molar refractivity (Wildman–Crippen MR) is 166 cm³/mol. The fourth-order valence-corrected chi connectivity index (χ4v) is 6.48. The highest BCUT2D eigenvalue weighted by Gasteiger charge is 2.25. The minimum absolute atomic E-state index is 0.643. The maximum absolute atomic E-state index is 7.38. The molecule has 0 aliphatic carbocycles. The Kier molecular flexibility index (Phi) is 6.04. The second-order valence-electron chi connectivity index (χ2n) is 9.17. The summed E-state index contributed by atoms with van der Waals surface area (Å²) in [4.78, 5) is 4.39. The molecule has 0 unspecified atom stereocenters. The first-order chi connectivity index (χ1) is 19.3. The van der Waals surface area contributed by atoms with Crippen LogP contribution in [0.5, 0.6) is 0 Å². The summed E-state index contributed by atoms with van der Waals surface area (Å²) >= 11 is 9.12. The number of hydrogen-bond acceptors (Lipinski definition) is 4.